The third-order valence-electron chi connectivity index (χ3n) is 1.88. The van der Waals surface area contributed by atoms with Crippen LogP contribution in [0.5, 0.6) is 0 Å². The lowest BCUT2D eigenvalue weighted by Gasteiger charge is -2.08. The molecule has 2 aromatic rings. The number of nitrogens with two attached hydrogens (primary N) is 1. The predicted octanol–water partition coefficient (Wildman–Crippen LogP) is 0.00340. The van der Waals surface area contributed by atoms with E-state index in [4.69, 9.17) is 5.73 Å². The molecule has 0 bridgehead atoms. The normalized spacial score (nSPS) is 10.3. The molecule has 0 aliphatic heterocycles. The number of nitrogens with one attached hydrogen (secondary N) is 1. The summed E-state index contributed by atoms with van der Waals surface area (Å²) in [6.07, 6.45) is 3.15. The van der Waals surface area contributed by atoms with E-state index in [0.29, 0.717) is 5.69 Å². The molecule has 0 atom stereocenters. The molecule has 2 rings (SSSR count). The van der Waals surface area contributed by atoms with Crippen LogP contribution in [0.15, 0.2) is 34.1 Å². The molecule has 0 radical (unpaired) electrons. The lowest BCUT2D eigenvalue weighted by atomic mass is 10.2. The van der Waals surface area contributed by atoms with Crippen molar-refractivity contribution >= 4 is 17.1 Å². The molecule has 0 aliphatic rings. The van der Waals surface area contributed by atoms with Crippen molar-refractivity contribution in [2.75, 3.05) is 11.1 Å². The molecule has 0 spiro atoms. The SMILES string of the molecule is Nc1c(Nc2cccnc2)c(=O)c1=O. The highest BCUT2D eigenvalue weighted by Gasteiger charge is 2.17. The smallest absolute Gasteiger partial charge is 0.253 e. The van der Waals surface area contributed by atoms with E-state index in [2.05, 4.69) is 10.3 Å². The fraction of sp³-hybridized carbons (Fsp3) is 0. The second kappa shape index (κ2) is 2.95. The van der Waals surface area contributed by atoms with E-state index in [9.17, 15) is 9.59 Å². The van der Waals surface area contributed by atoms with Crippen molar-refractivity contribution < 1.29 is 0 Å². The Kier molecular flexibility index (Phi) is 1.78. The summed E-state index contributed by atoms with van der Waals surface area (Å²) >= 11 is 0. The van der Waals surface area contributed by atoms with E-state index in [0.717, 1.165) is 0 Å². The van der Waals surface area contributed by atoms with Crippen LogP contribution in [0.3, 0.4) is 0 Å². The molecule has 14 heavy (non-hydrogen) atoms. The van der Waals surface area contributed by atoms with Crippen molar-refractivity contribution in [2.24, 2.45) is 0 Å². The Hall–Kier alpha value is -2.17. The Labute approximate surface area is 78.9 Å². The van der Waals surface area contributed by atoms with E-state index in [-0.39, 0.29) is 11.4 Å². The van der Waals surface area contributed by atoms with Crippen LogP contribution in [0.25, 0.3) is 0 Å². The zero-order valence-electron chi connectivity index (χ0n) is 7.15. The molecular formula is C9H7N3O2. The third-order valence-corrected chi connectivity index (χ3v) is 1.88. The summed E-state index contributed by atoms with van der Waals surface area (Å²) in [7, 11) is 0. The number of nitrogens with zero attached hydrogens (tertiary/aromatic N) is 1. The van der Waals surface area contributed by atoms with Crippen LogP contribution in [0.1, 0.15) is 0 Å². The van der Waals surface area contributed by atoms with Gasteiger partial charge in [-0.1, -0.05) is 0 Å². The number of pyridine rings is 1. The van der Waals surface area contributed by atoms with E-state index in [1.165, 1.54) is 6.20 Å². The molecular weight excluding hydrogens is 182 g/mol. The molecule has 0 amide bonds. The van der Waals surface area contributed by atoms with Crippen LogP contribution in [0.4, 0.5) is 17.1 Å². The minimum absolute atomic E-state index is 0.0150. The zero-order chi connectivity index (χ0) is 10.1. The fourth-order valence-corrected chi connectivity index (χ4v) is 1.11. The average Bonchev–Trinajstić information content (AvgIpc) is 2.26. The van der Waals surface area contributed by atoms with Crippen molar-refractivity contribution in [3.8, 4) is 0 Å². The molecule has 1 aromatic carbocycles. The molecule has 1 aromatic heterocycles. The average molecular weight is 189 g/mol. The summed E-state index contributed by atoms with van der Waals surface area (Å²) < 4.78 is 0. The molecule has 0 saturated carbocycles. The van der Waals surface area contributed by atoms with Crippen molar-refractivity contribution in [1.29, 1.82) is 0 Å². The van der Waals surface area contributed by atoms with Crippen LogP contribution >= 0.6 is 0 Å². The highest BCUT2D eigenvalue weighted by Crippen LogP contribution is 2.16. The number of hydrogen-bond acceptors (Lipinski definition) is 5. The summed E-state index contributed by atoms with van der Waals surface area (Å²) in [5, 5.41) is 2.73. The van der Waals surface area contributed by atoms with Gasteiger partial charge in [-0.05, 0) is 12.1 Å². The third kappa shape index (κ3) is 1.15. The maximum absolute atomic E-state index is 11.0. The van der Waals surface area contributed by atoms with Crippen LogP contribution in [0.2, 0.25) is 0 Å². The molecule has 1 heterocycles. The lowest BCUT2D eigenvalue weighted by molar-refractivity contribution is 1.31. The Balaban J connectivity index is 2.30. The van der Waals surface area contributed by atoms with Gasteiger partial charge in [0.2, 0.25) is 0 Å². The molecule has 0 saturated heterocycles. The zero-order valence-corrected chi connectivity index (χ0v) is 7.15. The van der Waals surface area contributed by atoms with Gasteiger partial charge in [0, 0.05) is 6.20 Å². The minimum atomic E-state index is -0.628. The van der Waals surface area contributed by atoms with Gasteiger partial charge in [-0.3, -0.25) is 14.6 Å². The first kappa shape index (κ1) is 8.43. The topological polar surface area (TPSA) is 85.1 Å². The second-order valence-corrected chi connectivity index (χ2v) is 2.81. The van der Waals surface area contributed by atoms with Crippen LogP contribution < -0.4 is 21.9 Å². The molecule has 0 fully saturated rings. The van der Waals surface area contributed by atoms with Crippen LogP contribution in [-0.4, -0.2) is 4.98 Å². The van der Waals surface area contributed by atoms with E-state index in [1.807, 2.05) is 0 Å². The monoisotopic (exact) mass is 189 g/mol. The summed E-state index contributed by atoms with van der Waals surface area (Å²) in [4.78, 5) is 25.6. The molecule has 0 aliphatic carbocycles. The van der Waals surface area contributed by atoms with Gasteiger partial charge >= 0.3 is 0 Å². The largest absolute Gasteiger partial charge is 0.394 e. The molecule has 5 heteroatoms. The summed E-state index contributed by atoms with van der Waals surface area (Å²) in [6, 6.07) is 3.44. The lowest BCUT2D eigenvalue weighted by Crippen LogP contribution is -2.36. The molecule has 70 valence electrons. The first-order chi connectivity index (χ1) is 6.70. The molecule has 3 N–H and O–H groups in total. The first-order valence-electron chi connectivity index (χ1n) is 3.96. The van der Waals surface area contributed by atoms with Crippen molar-refractivity contribution in [2.45, 2.75) is 0 Å². The van der Waals surface area contributed by atoms with E-state index < -0.39 is 10.9 Å². The van der Waals surface area contributed by atoms with Gasteiger partial charge in [-0.2, -0.15) is 0 Å². The van der Waals surface area contributed by atoms with E-state index in [1.54, 1.807) is 18.3 Å². The summed E-state index contributed by atoms with van der Waals surface area (Å²) in [6.45, 7) is 0. The molecule has 0 unspecified atom stereocenters. The van der Waals surface area contributed by atoms with Gasteiger partial charge in [-0.15, -0.1) is 0 Å². The highest BCUT2D eigenvalue weighted by molar-refractivity contribution is 5.76. The second-order valence-electron chi connectivity index (χ2n) is 2.81. The van der Waals surface area contributed by atoms with Crippen molar-refractivity contribution in [1.82, 2.24) is 4.98 Å². The first-order valence-corrected chi connectivity index (χ1v) is 3.96. The highest BCUT2D eigenvalue weighted by atomic mass is 16.2. The van der Waals surface area contributed by atoms with Crippen LogP contribution in [0, 0.1) is 0 Å². The Bertz CT molecular complexity index is 526. The Morgan fingerprint density at radius 1 is 1.29 bits per heavy atom. The van der Waals surface area contributed by atoms with Crippen molar-refractivity contribution in [3.05, 3.63) is 45.0 Å². The van der Waals surface area contributed by atoms with Crippen molar-refractivity contribution in [3.63, 3.8) is 0 Å². The minimum Gasteiger partial charge on any atom is -0.394 e. The van der Waals surface area contributed by atoms with Gasteiger partial charge in [0.1, 0.15) is 11.4 Å². The summed E-state index contributed by atoms with van der Waals surface area (Å²) in [5.74, 6) is 0. The Morgan fingerprint density at radius 3 is 2.64 bits per heavy atom. The van der Waals surface area contributed by atoms with Gasteiger partial charge in [0.25, 0.3) is 10.9 Å². The number of rotatable bonds is 2. The standard InChI is InChI=1S/C9H7N3O2/c10-6-7(9(14)8(6)13)12-5-2-1-3-11-4-5/h1-4,12H,10H2. The summed E-state index contributed by atoms with van der Waals surface area (Å²) in [5.41, 5.74) is 4.90. The number of hydrogen-bond donors (Lipinski definition) is 2. The predicted molar refractivity (Wildman–Crippen MR) is 53.3 cm³/mol. The van der Waals surface area contributed by atoms with Gasteiger partial charge < -0.3 is 11.1 Å². The fourth-order valence-electron chi connectivity index (χ4n) is 1.11. The Morgan fingerprint density at radius 2 is 2.07 bits per heavy atom. The maximum Gasteiger partial charge on any atom is 0.253 e. The van der Waals surface area contributed by atoms with Gasteiger partial charge in [-0.25, -0.2) is 0 Å². The van der Waals surface area contributed by atoms with Crippen LogP contribution in [-0.2, 0) is 0 Å². The maximum atomic E-state index is 11.0. The quantitative estimate of drug-likeness (QED) is 0.649. The number of nitrogen functional groups attached to an aromatic ring is 1. The molecule has 5 nitrogen and oxygen atoms in total. The van der Waals surface area contributed by atoms with Gasteiger partial charge in [0.15, 0.2) is 0 Å². The van der Waals surface area contributed by atoms with E-state index >= 15 is 0 Å². The number of anilines is 3. The van der Waals surface area contributed by atoms with Gasteiger partial charge in [0.05, 0.1) is 11.9 Å². The number of aromatic nitrogens is 1.